The summed E-state index contributed by atoms with van der Waals surface area (Å²) in [5, 5.41) is 7.02. The molecule has 1 fully saturated rings. The minimum Gasteiger partial charge on any atom is -0.484 e. The van der Waals surface area contributed by atoms with Crippen LogP contribution in [0.4, 0.5) is 5.82 Å². The van der Waals surface area contributed by atoms with Crippen molar-refractivity contribution >= 4 is 17.6 Å². The van der Waals surface area contributed by atoms with Crippen LogP contribution in [0.3, 0.4) is 0 Å². The van der Waals surface area contributed by atoms with Crippen LogP contribution >= 0.6 is 0 Å². The fourth-order valence-corrected chi connectivity index (χ4v) is 2.98. The number of hydrogen-bond donors (Lipinski definition) is 1. The number of amides is 2. The second-order valence-corrected chi connectivity index (χ2v) is 6.27. The molecule has 1 atom stereocenters. The van der Waals surface area contributed by atoms with Gasteiger partial charge in [-0.1, -0.05) is 12.1 Å². The van der Waals surface area contributed by atoms with E-state index in [4.69, 9.17) is 4.74 Å². The molecule has 7 heteroatoms. The molecule has 1 aromatic heterocycles. The topological polar surface area (TPSA) is 76.5 Å². The molecule has 2 heterocycles. The third-order valence-corrected chi connectivity index (χ3v) is 4.15. The second kappa shape index (κ2) is 6.96. The molecule has 1 aliphatic heterocycles. The van der Waals surface area contributed by atoms with Gasteiger partial charge < -0.3 is 10.1 Å². The molecule has 0 bridgehead atoms. The average molecular weight is 342 g/mol. The Labute approximate surface area is 146 Å². The maximum absolute atomic E-state index is 12.6. The van der Waals surface area contributed by atoms with Crippen molar-refractivity contribution in [1.29, 1.82) is 0 Å². The van der Waals surface area contributed by atoms with Crippen molar-refractivity contribution in [1.82, 2.24) is 15.1 Å². The van der Waals surface area contributed by atoms with Crippen LogP contribution in [-0.4, -0.2) is 40.8 Å². The predicted molar refractivity (Wildman–Crippen MR) is 93.5 cm³/mol. The Bertz CT molecular complexity index is 799. The van der Waals surface area contributed by atoms with Gasteiger partial charge in [0.25, 0.3) is 11.8 Å². The minimum atomic E-state index is -0.524. The molecule has 0 saturated carbocycles. The van der Waals surface area contributed by atoms with E-state index in [2.05, 4.69) is 10.4 Å². The number of ether oxygens (including phenoxy) is 1. The summed E-state index contributed by atoms with van der Waals surface area (Å²) in [6.45, 7) is 4.28. The fourth-order valence-electron chi connectivity index (χ4n) is 2.98. The Balaban J connectivity index is 1.55. The van der Waals surface area contributed by atoms with Crippen LogP contribution in [0.2, 0.25) is 0 Å². The Kier molecular flexibility index (Phi) is 4.74. The first-order valence-electron chi connectivity index (χ1n) is 8.25. The maximum Gasteiger partial charge on any atom is 0.258 e. The number of nitrogens with one attached hydrogen (secondary N) is 1. The van der Waals surface area contributed by atoms with Gasteiger partial charge in [0, 0.05) is 19.7 Å². The summed E-state index contributed by atoms with van der Waals surface area (Å²) in [6.07, 6.45) is 0.569. The summed E-state index contributed by atoms with van der Waals surface area (Å²) in [6, 6.07) is 8.83. The normalized spacial score (nSPS) is 17.0. The highest BCUT2D eigenvalue weighted by molar-refractivity contribution is 6.00. The lowest BCUT2D eigenvalue weighted by molar-refractivity contribution is -0.127. The van der Waals surface area contributed by atoms with Crippen LogP contribution in [0.5, 0.6) is 5.75 Å². The van der Waals surface area contributed by atoms with Crippen molar-refractivity contribution in [3.05, 3.63) is 41.6 Å². The van der Waals surface area contributed by atoms with E-state index in [1.165, 1.54) is 0 Å². The highest BCUT2D eigenvalue weighted by atomic mass is 16.5. The summed E-state index contributed by atoms with van der Waals surface area (Å²) >= 11 is 0. The van der Waals surface area contributed by atoms with Gasteiger partial charge in [-0.15, -0.1) is 0 Å². The zero-order valence-corrected chi connectivity index (χ0v) is 14.7. The van der Waals surface area contributed by atoms with Crippen molar-refractivity contribution in [2.75, 3.05) is 18.1 Å². The van der Waals surface area contributed by atoms with Gasteiger partial charge in [0.2, 0.25) is 0 Å². The van der Waals surface area contributed by atoms with Crippen LogP contribution < -0.4 is 15.0 Å². The Morgan fingerprint density at radius 3 is 2.84 bits per heavy atom. The number of aryl methyl sites for hydroxylation is 3. The molecule has 132 valence electrons. The summed E-state index contributed by atoms with van der Waals surface area (Å²) < 4.78 is 7.16. The van der Waals surface area contributed by atoms with Crippen molar-refractivity contribution < 1.29 is 14.3 Å². The van der Waals surface area contributed by atoms with E-state index in [1.54, 1.807) is 22.7 Å². The molecule has 25 heavy (non-hydrogen) atoms. The summed E-state index contributed by atoms with van der Waals surface area (Å²) in [7, 11) is 1.80. The number of benzene rings is 1. The van der Waals surface area contributed by atoms with Gasteiger partial charge in [-0.25, -0.2) is 0 Å². The number of rotatable bonds is 5. The van der Waals surface area contributed by atoms with E-state index in [1.807, 2.05) is 38.1 Å². The van der Waals surface area contributed by atoms with E-state index < -0.39 is 6.04 Å². The first kappa shape index (κ1) is 17.0. The molecule has 2 amide bonds. The van der Waals surface area contributed by atoms with Gasteiger partial charge in [0.1, 0.15) is 17.6 Å². The number of carbonyl (C=O) groups excluding carboxylic acids is 2. The lowest BCUT2D eigenvalue weighted by Gasteiger charge is -2.17. The van der Waals surface area contributed by atoms with E-state index in [9.17, 15) is 9.59 Å². The predicted octanol–water partition coefficient (Wildman–Crippen LogP) is 1.34. The number of hydrogen-bond acceptors (Lipinski definition) is 4. The number of anilines is 1. The van der Waals surface area contributed by atoms with Crippen molar-refractivity contribution in [2.24, 2.45) is 7.05 Å². The molecule has 3 rings (SSSR count). The monoisotopic (exact) mass is 342 g/mol. The molecular formula is C18H22N4O3. The molecule has 7 nitrogen and oxygen atoms in total. The quantitative estimate of drug-likeness (QED) is 0.890. The molecule has 1 saturated heterocycles. The Morgan fingerprint density at radius 2 is 2.16 bits per heavy atom. The number of aromatic nitrogens is 2. The highest BCUT2D eigenvalue weighted by Crippen LogP contribution is 2.22. The molecule has 1 aliphatic rings. The molecule has 0 radical (unpaired) electrons. The summed E-state index contributed by atoms with van der Waals surface area (Å²) in [5.41, 5.74) is 1.91. The van der Waals surface area contributed by atoms with Crippen molar-refractivity contribution in [3.8, 4) is 5.75 Å². The smallest absolute Gasteiger partial charge is 0.258 e. The molecule has 1 aromatic carbocycles. The molecular weight excluding hydrogens is 320 g/mol. The van der Waals surface area contributed by atoms with Crippen molar-refractivity contribution in [2.45, 2.75) is 26.3 Å². The second-order valence-electron chi connectivity index (χ2n) is 6.27. The van der Waals surface area contributed by atoms with Crippen LogP contribution in [0.25, 0.3) is 0 Å². The molecule has 1 N–H and O–H groups in total. The first-order chi connectivity index (χ1) is 11.9. The largest absolute Gasteiger partial charge is 0.484 e. The van der Waals surface area contributed by atoms with Crippen molar-refractivity contribution in [3.63, 3.8) is 0 Å². The van der Waals surface area contributed by atoms with Gasteiger partial charge in [-0.2, -0.15) is 5.10 Å². The van der Waals surface area contributed by atoms with Crippen LogP contribution in [-0.2, 0) is 16.6 Å². The third-order valence-electron chi connectivity index (χ3n) is 4.15. The third kappa shape index (κ3) is 3.81. The SMILES string of the molecule is Cc1cccc(OCC(=O)NC2CCN(c3cc(C)nn3C)C2=O)c1. The zero-order chi connectivity index (χ0) is 18.0. The van der Waals surface area contributed by atoms with Gasteiger partial charge >= 0.3 is 0 Å². The van der Waals surface area contributed by atoms with Gasteiger partial charge in [0.05, 0.1) is 5.69 Å². The maximum atomic E-state index is 12.6. The summed E-state index contributed by atoms with van der Waals surface area (Å²) in [5.74, 6) is 0.963. The lowest BCUT2D eigenvalue weighted by Crippen LogP contribution is -2.43. The number of nitrogens with zero attached hydrogens (tertiary/aromatic N) is 3. The van der Waals surface area contributed by atoms with Gasteiger partial charge in [0.15, 0.2) is 6.61 Å². The number of carbonyl (C=O) groups is 2. The van der Waals surface area contributed by atoms with E-state index in [-0.39, 0.29) is 18.4 Å². The van der Waals surface area contributed by atoms with E-state index in [0.29, 0.717) is 18.7 Å². The molecule has 1 unspecified atom stereocenters. The van der Waals surface area contributed by atoms with Gasteiger partial charge in [-0.3, -0.25) is 19.2 Å². The highest BCUT2D eigenvalue weighted by Gasteiger charge is 2.35. The van der Waals surface area contributed by atoms with Crippen LogP contribution in [0.15, 0.2) is 30.3 Å². The Morgan fingerprint density at radius 1 is 1.36 bits per heavy atom. The van der Waals surface area contributed by atoms with Crippen LogP contribution in [0, 0.1) is 13.8 Å². The van der Waals surface area contributed by atoms with E-state index >= 15 is 0 Å². The van der Waals surface area contributed by atoms with Crippen LogP contribution in [0.1, 0.15) is 17.7 Å². The molecule has 2 aromatic rings. The van der Waals surface area contributed by atoms with Gasteiger partial charge in [-0.05, 0) is 38.0 Å². The standard InChI is InChI=1S/C18H22N4O3/c1-12-5-4-6-14(9-12)25-11-16(23)19-15-7-8-22(18(15)24)17-10-13(2)20-21(17)3/h4-6,9-10,15H,7-8,11H2,1-3H3,(H,19,23). The molecule has 0 aliphatic carbocycles. The van der Waals surface area contributed by atoms with E-state index in [0.717, 1.165) is 17.1 Å². The minimum absolute atomic E-state index is 0.113. The Hall–Kier alpha value is -2.83. The zero-order valence-electron chi connectivity index (χ0n) is 14.7. The fraction of sp³-hybridized carbons (Fsp3) is 0.389. The first-order valence-corrected chi connectivity index (χ1v) is 8.25. The lowest BCUT2D eigenvalue weighted by atomic mass is 10.2. The summed E-state index contributed by atoms with van der Waals surface area (Å²) in [4.78, 5) is 26.3. The average Bonchev–Trinajstić information content (AvgIpc) is 3.08. The molecule has 0 spiro atoms.